The molecule has 1 unspecified atom stereocenters. The molecule has 1 atom stereocenters. The second-order valence-corrected chi connectivity index (χ2v) is 4.88. The molecular weight excluding hydrogens is 262 g/mol. The molecule has 0 aliphatic carbocycles. The van der Waals surface area contributed by atoms with Crippen molar-refractivity contribution in [1.82, 2.24) is 15.0 Å². The van der Waals surface area contributed by atoms with Crippen LogP contribution in [-0.4, -0.2) is 35.2 Å². The van der Waals surface area contributed by atoms with Gasteiger partial charge in [-0.25, -0.2) is 0 Å². The maximum Gasteiger partial charge on any atom is 0.322 e. The molecule has 102 valence electrons. The van der Waals surface area contributed by atoms with Crippen molar-refractivity contribution in [2.75, 3.05) is 24.8 Å². The smallest absolute Gasteiger partial charge is 0.322 e. The zero-order chi connectivity index (χ0) is 13.7. The lowest BCUT2D eigenvalue weighted by atomic mass is 10.1. The predicted molar refractivity (Wildman–Crippen MR) is 77.0 cm³/mol. The monoisotopic (exact) mass is 279 g/mol. The van der Waals surface area contributed by atoms with Crippen molar-refractivity contribution >= 4 is 23.2 Å². The second kappa shape index (κ2) is 6.33. The third-order valence-corrected chi connectivity index (χ3v) is 3.25. The van der Waals surface area contributed by atoms with Gasteiger partial charge in [-0.2, -0.15) is 26.3 Å². The van der Waals surface area contributed by atoms with E-state index in [9.17, 15) is 0 Å². The fourth-order valence-electron chi connectivity index (χ4n) is 1.66. The Balaban J connectivity index is 2.05. The van der Waals surface area contributed by atoms with E-state index >= 15 is 0 Å². The molecule has 2 rings (SSSR count). The lowest BCUT2D eigenvalue weighted by Gasteiger charge is -2.13. The van der Waals surface area contributed by atoms with Gasteiger partial charge in [0.25, 0.3) is 0 Å². The van der Waals surface area contributed by atoms with E-state index in [4.69, 9.17) is 4.74 Å². The highest BCUT2D eigenvalue weighted by Crippen LogP contribution is 2.14. The number of aromatic nitrogens is 3. The zero-order valence-electron chi connectivity index (χ0n) is 11.2. The van der Waals surface area contributed by atoms with E-state index in [-0.39, 0.29) is 6.04 Å². The Morgan fingerprint density at radius 2 is 2.11 bits per heavy atom. The first-order valence-electron chi connectivity index (χ1n) is 5.96. The topological polar surface area (TPSA) is 72.0 Å². The van der Waals surface area contributed by atoms with E-state index in [1.807, 2.05) is 0 Å². The molecule has 2 heterocycles. The molecule has 0 fully saturated rings. The van der Waals surface area contributed by atoms with Gasteiger partial charge in [-0.15, -0.1) is 0 Å². The highest BCUT2D eigenvalue weighted by molar-refractivity contribution is 7.07. The van der Waals surface area contributed by atoms with E-state index in [2.05, 4.69) is 49.3 Å². The summed E-state index contributed by atoms with van der Waals surface area (Å²) >= 11 is 1.70. The summed E-state index contributed by atoms with van der Waals surface area (Å²) in [4.78, 5) is 12.5. The maximum atomic E-state index is 5.04. The Bertz CT molecular complexity index is 495. The van der Waals surface area contributed by atoms with Crippen LogP contribution in [0.1, 0.15) is 12.5 Å². The number of rotatable bonds is 6. The average Bonchev–Trinajstić information content (AvgIpc) is 2.90. The number of nitrogens with zero attached hydrogens (tertiary/aromatic N) is 3. The van der Waals surface area contributed by atoms with Crippen LogP contribution in [0.4, 0.5) is 11.9 Å². The van der Waals surface area contributed by atoms with Gasteiger partial charge in [-0.05, 0) is 35.7 Å². The summed E-state index contributed by atoms with van der Waals surface area (Å²) in [6.07, 6.45) is 0.923. The van der Waals surface area contributed by atoms with Crippen LogP contribution in [0, 0.1) is 0 Å². The van der Waals surface area contributed by atoms with Gasteiger partial charge in [0.05, 0.1) is 7.11 Å². The maximum absolute atomic E-state index is 5.04. The van der Waals surface area contributed by atoms with Gasteiger partial charge in [-0.1, -0.05) is 0 Å². The normalized spacial score (nSPS) is 11.9. The highest BCUT2D eigenvalue weighted by atomic mass is 32.1. The van der Waals surface area contributed by atoms with Gasteiger partial charge in [-0.3, -0.25) is 0 Å². The molecule has 0 aliphatic rings. The third-order valence-electron chi connectivity index (χ3n) is 2.52. The van der Waals surface area contributed by atoms with Crippen LogP contribution in [0.5, 0.6) is 6.01 Å². The Morgan fingerprint density at radius 3 is 2.74 bits per heavy atom. The summed E-state index contributed by atoms with van der Waals surface area (Å²) < 4.78 is 5.04. The largest absolute Gasteiger partial charge is 0.467 e. The molecule has 2 aromatic rings. The Labute approximate surface area is 116 Å². The third kappa shape index (κ3) is 3.78. The molecule has 0 aliphatic heterocycles. The summed E-state index contributed by atoms with van der Waals surface area (Å²) in [5, 5.41) is 10.4. The molecule has 0 spiro atoms. The van der Waals surface area contributed by atoms with Crippen LogP contribution in [0.3, 0.4) is 0 Å². The van der Waals surface area contributed by atoms with Gasteiger partial charge in [0.1, 0.15) is 0 Å². The van der Waals surface area contributed by atoms with Crippen molar-refractivity contribution in [3.63, 3.8) is 0 Å². The molecule has 6 nitrogen and oxygen atoms in total. The van der Waals surface area contributed by atoms with Crippen molar-refractivity contribution in [1.29, 1.82) is 0 Å². The van der Waals surface area contributed by atoms with Gasteiger partial charge in [0.2, 0.25) is 11.9 Å². The van der Waals surface area contributed by atoms with E-state index in [0.717, 1.165) is 6.42 Å². The van der Waals surface area contributed by atoms with Crippen molar-refractivity contribution in [3.8, 4) is 6.01 Å². The summed E-state index contributed by atoms with van der Waals surface area (Å²) in [6, 6.07) is 2.64. The fourth-order valence-corrected chi connectivity index (χ4v) is 2.34. The molecule has 0 aromatic carbocycles. The first kappa shape index (κ1) is 13.5. The van der Waals surface area contributed by atoms with Crippen molar-refractivity contribution in [3.05, 3.63) is 22.4 Å². The van der Waals surface area contributed by atoms with Crippen LogP contribution in [-0.2, 0) is 6.42 Å². The fraction of sp³-hybridized carbons (Fsp3) is 0.417. The molecule has 0 radical (unpaired) electrons. The second-order valence-electron chi connectivity index (χ2n) is 4.10. The van der Waals surface area contributed by atoms with E-state index in [1.165, 1.54) is 12.7 Å². The summed E-state index contributed by atoms with van der Waals surface area (Å²) in [5.41, 5.74) is 1.31. The van der Waals surface area contributed by atoms with Gasteiger partial charge < -0.3 is 15.4 Å². The van der Waals surface area contributed by atoms with Crippen LogP contribution in [0.15, 0.2) is 16.8 Å². The van der Waals surface area contributed by atoms with Gasteiger partial charge in [0.15, 0.2) is 0 Å². The molecule has 19 heavy (non-hydrogen) atoms. The average molecular weight is 279 g/mol. The minimum absolute atomic E-state index is 0.228. The molecule has 2 N–H and O–H groups in total. The summed E-state index contributed by atoms with van der Waals surface area (Å²) in [5.74, 6) is 0.996. The predicted octanol–water partition coefficient (Wildman–Crippen LogP) is 2.03. The minimum Gasteiger partial charge on any atom is -0.467 e. The van der Waals surface area contributed by atoms with Crippen LogP contribution < -0.4 is 15.4 Å². The van der Waals surface area contributed by atoms with Crippen molar-refractivity contribution in [2.45, 2.75) is 19.4 Å². The van der Waals surface area contributed by atoms with E-state index < -0.39 is 0 Å². The SMILES string of the molecule is CNc1nc(NC(C)Cc2ccsc2)nc(OC)n1. The minimum atomic E-state index is 0.228. The Morgan fingerprint density at radius 1 is 1.32 bits per heavy atom. The van der Waals surface area contributed by atoms with Crippen LogP contribution in [0.25, 0.3) is 0 Å². The molecule has 7 heteroatoms. The first-order valence-corrected chi connectivity index (χ1v) is 6.91. The number of thiophene rings is 1. The zero-order valence-corrected chi connectivity index (χ0v) is 12.0. The summed E-state index contributed by atoms with van der Waals surface area (Å²) in [7, 11) is 3.29. The molecule has 2 aromatic heterocycles. The van der Waals surface area contributed by atoms with E-state index in [0.29, 0.717) is 17.9 Å². The Kier molecular flexibility index (Phi) is 4.51. The molecule has 0 saturated heterocycles. The Hall–Kier alpha value is -1.89. The van der Waals surface area contributed by atoms with Crippen molar-refractivity contribution in [2.24, 2.45) is 0 Å². The van der Waals surface area contributed by atoms with Crippen LogP contribution >= 0.6 is 11.3 Å². The quantitative estimate of drug-likeness (QED) is 0.843. The van der Waals surface area contributed by atoms with Crippen molar-refractivity contribution < 1.29 is 4.74 Å². The number of nitrogens with one attached hydrogen (secondary N) is 2. The highest BCUT2D eigenvalue weighted by Gasteiger charge is 2.09. The number of anilines is 2. The number of hydrogen-bond acceptors (Lipinski definition) is 7. The number of methoxy groups -OCH3 is 1. The number of ether oxygens (including phenoxy) is 1. The lowest BCUT2D eigenvalue weighted by Crippen LogP contribution is -2.20. The summed E-state index contributed by atoms with van der Waals surface area (Å²) in [6.45, 7) is 2.09. The molecule has 0 amide bonds. The number of hydrogen-bond donors (Lipinski definition) is 2. The lowest BCUT2D eigenvalue weighted by molar-refractivity contribution is 0.379. The van der Waals surface area contributed by atoms with Crippen LogP contribution in [0.2, 0.25) is 0 Å². The van der Waals surface area contributed by atoms with E-state index in [1.54, 1.807) is 18.4 Å². The standard InChI is InChI=1S/C12H17N5OS/c1-8(6-9-4-5-19-7-9)14-11-15-10(13-2)16-12(17-11)18-3/h4-5,7-8H,6H2,1-3H3,(H2,13,14,15,16,17). The first-order chi connectivity index (χ1) is 9.21. The van der Waals surface area contributed by atoms with Gasteiger partial charge in [0, 0.05) is 13.1 Å². The molecule has 0 saturated carbocycles. The molecule has 0 bridgehead atoms. The van der Waals surface area contributed by atoms with Gasteiger partial charge >= 0.3 is 6.01 Å². The molecular formula is C12H17N5OS.